The van der Waals surface area contributed by atoms with Crippen molar-refractivity contribution in [3.63, 3.8) is 0 Å². The number of ketones is 1. The second kappa shape index (κ2) is 5.95. The molecule has 1 heterocycles. The molecule has 0 aromatic heterocycles. The van der Waals surface area contributed by atoms with Crippen LogP contribution in [0.1, 0.15) is 37.5 Å². The smallest absolute Gasteiger partial charge is 0.162 e. The van der Waals surface area contributed by atoms with Crippen LogP contribution in [0.25, 0.3) is 0 Å². The molecular weight excluding hydrogens is 330 g/mol. The highest BCUT2D eigenvalue weighted by Crippen LogP contribution is 2.51. The number of nitrogens with one attached hydrogen (secondary N) is 1. The van der Waals surface area contributed by atoms with Crippen LogP contribution in [0.15, 0.2) is 64.7 Å². The van der Waals surface area contributed by atoms with E-state index in [9.17, 15) is 9.90 Å². The fourth-order valence-corrected chi connectivity index (χ4v) is 5.00. The Labute approximate surface area is 152 Å². The van der Waals surface area contributed by atoms with Crippen LogP contribution in [0.5, 0.6) is 5.75 Å². The van der Waals surface area contributed by atoms with Gasteiger partial charge in [0.1, 0.15) is 5.75 Å². The Kier molecular flexibility index (Phi) is 3.88. The largest absolute Gasteiger partial charge is 0.508 e. The summed E-state index contributed by atoms with van der Waals surface area (Å²) in [5.74, 6) is 0.461. The van der Waals surface area contributed by atoms with Crippen molar-refractivity contribution >= 4 is 23.2 Å². The van der Waals surface area contributed by atoms with Crippen LogP contribution in [-0.2, 0) is 4.79 Å². The maximum absolute atomic E-state index is 13.0. The number of Topliss-reactive ketones (excluding diaryl/α,β-unsaturated/α-hetero) is 1. The van der Waals surface area contributed by atoms with Gasteiger partial charge in [-0.25, -0.2) is 0 Å². The molecule has 1 aliphatic carbocycles. The van der Waals surface area contributed by atoms with E-state index in [4.69, 9.17) is 0 Å². The summed E-state index contributed by atoms with van der Waals surface area (Å²) in [5, 5.41) is 13.1. The molecule has 0 unspecified atom stereocenters. The number of thioether (sulfide) groups is 1. The van der Waals surface area contributed by atoms with E-state index in [1.54, 1.807) is 23.9 Å². The lowest BCUT2D eigenvalue weighted by Gasteiger charge is -2.33. The summed E-state index contributed by atoms with van der Waals surface area (Å²) in [5.41, 5.74) is 3.99. The molecule has 4 heteroatoms. The minimum absolute atomic E-state index is 0.0353. The summed E-state index contributed by atoms with van der Waals surface area (Å²) in [6, 6.07) is 15.4. The van der Waals surface area contributed by atoms with Gasteiger partial charge in [0.05, 0.1) is 10.9 Å². The van der Waals surface area contributed by atoms with Crippen molar-refractivity contribution in [2.45, 2.75) is 36.8 Å². The van der Waals surface area contributed by atoms with Gasteiger partial charge in [-0.3, -0.25) is 4.79 Å². The predicted molar refractivity (Wildman–Crippen MR) is 102 cm³/mol. The van der Waals surface area contributed by atoms with Crippen molar-refractivity contribution < 1.29 is 9.90 Å². The molecule has 0 fully saturated rings. The van der Waals surface area contributed by atoms with Gasteiger partial charge < -0.3 is 10.4 Å². The minimum Gasteiger partial charge on any atom is -0.508 e. The number of para-hydroxylation sites is 1. The lowest BCUT2D eigenvalue weighted by molar-refractivity contribution is -0.118. The number of rotatable bonds is 1. The van der Waals surface area contributed by atoms with E-state index >= 15 is 0 Å². The standard InChI is InChI=1S/C21H21NO2S/c1-21(2)11-16-19(17(24)12-21)20(13-7-9-14(23)10-8-13)25-18-6-4-3-5-15(18)22-16/h3-10,20,22-23H,11-12H2,1-2H3/t20-/m1/s1. The molecule has 25 heavy (non-hydrogen) atoms. The van der Waals surface area contributed by atoms with Crippen molar-refractivity contribution in [1.29, 1.82) is 0 Å². The first-order valence-corrected chi connectivity index (χ1v) is 9.39. The predicted octanol–water partition coefficient (Wildman–Crippen LogP) is 5.29. The van der Waals surface area contributed by atoms with Crippen LogP contribution < -0.4 is 5.32 Å². The van der Waals surface area contributed by atoms with Crippen LogP contribution in [0.2, 0.25) is 0 Å². The van der Waals surface area contributed by atoms with Gasteiger partial charge in [0, 0.05) is 22.6 Å². The zero-order valence-corrected chi connectivity index (χ0v) is 15.2. The Bertz CT molecular complexity index is 868. The molecule has 1 atom stereocenters. The fraction of sp³-hybridized carbons (Fsp3) is 0.286. The van der Waals surface area contributed by atoms with Gasteiger partial charge in [-0.15, -0.1) is 11.8 Å². The van der Waals surface area contributed by atoms with Crippen molar-refractivity contribution in [2.24, 2.45) is 5.41 Å². The lowest BCUT2D eigenvalue weighted by atomic mass is 9.74. The highest BCUT2D eigenvalue weighted by atomic mass is 32.2. The van der Waals surface area contributed by atoms with Gasteiger partial charge in [-0.1, -0.05) is 38.1 Å². The number of carbonyl (C=O) groups excluding carboxylic acids is 1. The minimum atomic E-state index is -0.0599. The van der Waals surface area contributed by atoms with Crippen LogP contribution in [-0.4, -0.2) is 10.9 Å². The summed E-state index contributed by atoms with van der Waals surface area (Å²) < 4.78 is 0. The Balaban J connectivity index is 1.88. The SMILES string of the molecule is CC1(C)CC(=O)C2=C(C1)Nc1ccccc1S[C@@H]2c1ccc(O)cc1. The van der Waals surface area contributed by atoms with Gasteiger partial charge in [0.25, 0.3) is 0 Å². The average molecular weight is 351 g/mol. The number of hydrogen-bond acceptors (Lipinski definition) is 4. The van der Waals surface area contributed by atoms with Crippen LogP contribution in [0, 0.1) is 5.41 Å². The Hall–Kier alpha value is -2.20. The third kappa shape index (κ3) is 3.07. The Morgan fingerprint density at radius 3 is 2.56 bits per heavy atom. The molecule has 0 radical (unpaired) electrons. The second-order valence-electron chi connectivity index (χ2n) is 7.54. The molecule has 2 N–H and O–H groups in total. The molecule has 1 aliphatic heterocycles. The highest BCUT2D eigenvalue weighted by molar-refractivity contribution is 8.00. The van der Waals surface area contributed by atoms with E-state index in [1.807, 2.05) is 24.3 Å². The quantitative estimate of drug-likeness (QED) is 0.732. The maximum Gasteiger partial charge on any atom is 0.162 e. The van der Waals surface area contributed by atoms with Gasteiger partial charge in [-0.2, -0.15) is 0 Å². The fourth-order valence-electron chi connectivity index (χ4n) is 3.66. The molecule has 2 aliphatic rings. The van der Waals surface area contributed by atoms with Crippen molar-refractivity contribution in [3.05, 3.63) is 65.4 Å². The van der Waals surface area contributed by atoms with E-state index in [1.165, 1.54) is 0 Å². The number of hydrogen-bond donors (Lipinski definition) is 2. The van der Waals surface area contributed by atoms with Gasteiger partial charge in [-0.05, 0) is 41.7 Å². The number of benzene rings is 2. The summed E-state index contributed by atoms with van der Waals surface area (Å²) in [6.07, 6.45) is 1.43. The Morgan fingerprint density at radius 2 is 1.80 bits per heavy atom. The number of allylic oxidation sites excluding steroid dienone is 1. The van der Waals surface area contributed by atoms with Crippen LogP contribution in [0.4, 0.5) is 5.69 Å². The molecular formula is C21H21NO2S. The number of phenolic OH excluding ortho intramolecular Hbond substituents is 1. The monoisotopic (exact) mass is 351 g/mol. The number of carbonyl (C=O) groups is 1. The van der Waals surface area contributed by atoms with Gasteiger partial charge >= 0.3 is 0 Å². The molecule has 4 rings (SSSR count). The number of fused-ring (bicyclic) bond motifs is 1. The molecule has 0 amide bonds. The van der Waals surface area contributed by atoms with Crippen molar-refractivity contribution in [1.82, 2.24) is 0 Å². The first-order chi connectivity index (χ1) is 11.9. The molecule has 0 bridgehead atoms. The molecule has 0 saturated heterocycles. The van der Waals surface area contributed by atoms with Crippen LogP contribution >= 0.6 is 11.8 Å². The van der Waals surface area contributed by atoms with E-state index in [2.05, 4.69) is 31.3 Å². The van der Waals surface area contributed by atoms with Gasteiger partial charge in [0.15, 0.2) is 5.78 Å². The number of aromatic hydroxyl groups is 1. The van der Waals surface area contributed by atoms with Gasteiger partial charge in [0.2, 0.25) is 0 Å². The molecule has 0 spiro atoms. The second-order valence-corrected chi connectivity index (χ2v) is 8.69. The molecule has 128 valence electrons. The third-order valence-electron chi connectivity index (χ3n) is 4.80. The van der Waals surface area contributed by atoms with E-state index in [0.717, 1.165) is 33.8 Å². The molecule has 2 aromatic carbocycles. The summed E-state index contributed by atoms with van der Waals surface area (Å²) in [6.45, 7) is 4.30. The van der Waals surface area contributed by atoms with E-state index in [0.29, 0.717) is 6.42 Å². The Morgan fingerprint density at radius 1 is 1.08 bits per heavy atom. The normalized spacial score (nSPS) is 21.8. The number of phenols is 1. The highest BCUT2D eigenvalue weighted by Gasteiger charge is 2.39. The summed E-state index contributed by atoms with van der Waals surface area (Å²) >= 11 is 1.70. The summed E-state index contributed by atoms with van der Waals surface area (Å²) in [7, 11) is 0. The van der Waals surface area contributed by atoms with Crippen molar-refractivity contribution in [3.8, 4) is 5.75 Å². The molecule has 0 saturated carbocycles. The van der Waals surface area contributed by atoms with Crippen molar-refractivity contribution in [2.75, 3.05) is 5.32 Å². The zero-order chi connectivity index (χ0) is 17.6. The van der Waals surface area contributed by atoms with Crippen LogP contribution in [0.3, 0.4) is 0 Å². The zero-order valence-electron chi connectivity index (χ0n) is 14.4. The molecule has 2 aromatic rings. The average Bonchev–Trinajstić information content (AvgIpc) is 2.70. The number of anilines is 1. The third-order valence-corrected chi connectivity index (χ3v) is 6.15. The maximum atomic E-state index is 13.0. The molecule has 3 nitrogen and oxygen atoms in total. The lowest BCUT2D eigenvalue weighted by Crippen LogP contribution is -2.29. The summed E-state index contributed by atoms with van der Waals surface area (Å²) in [4.78, 5) is 14.2. The first-order valence-electron chi connectivity index (χ1n) is 8.51. The first kappa shape index (κ1) is 16.3. The topological polar surface area (TPSA) is 49.3 Å². The van der Waals surface area contributed by atoms with E-state index < -0.39 is 0 Å². The van der Waals surface area contributed by atoms with E-state index in [-0.39, 0.29) is 22.2 Å².